The van der Waals surface area contributed by atoms with E-state index in [1.165, 1.54) is 0 Å². The number of nitrogens with one attached hydrogen (secondary N) is 1. The third kappa shape index (κ3) is 6.74. The molecule has 1 N–H and O–H groups in total. The number of nitrogens with zero attached hydrogens (tertiary/aromatic N) is 1. The maximum atomic E-state index is 13.2. The molecule has 6 nitrogen and oxygen atoms in total. The van der Waals surface area contributed by atoms with E-state index in [0.29, 0.717) is 25.3 Å². The number of ether oxygens (including phenoxy) is 2. The van der Waals surface area contributed by atoms with Crippen molar-refractivity contribution in [3.8, 4) is 11.5 Å². The molecule has 0 heterocycles. The molecule has 0 unspecified atom stereocenters. The first kappa shape index (κ1) is 24.3. The lowest BCUT2D eigenvalue weighted by atomic mass is 10.0. The van der Waals surface area contributed by atoms with E-state index >= 15 is 0 Å². The van der Waals surface area contributed by atoms with Crippen LogP contribution < -0.4 is 14.8 Å². The van der Waals surface area contributed by atoms with Gasteiger partial charge in [-0.2, -0.15) is 0 Å². The molecule has 0 aliphatic heterocycles. The van der Waals surface area contributed by atoms with Crippen molar-refractivity contribution in [3.63, 3.8) is 0 Å². The standard InChI is InChI=1S/C25H34N2O4/c1-6-22(25(29)26-7-2)27(16-19-12-14-20(30-5)15-13-19)24(28)17-31-23-11-9-8-10-21(23)18(3)4/h8-15,18,22H,6-7,16-17H2,1-5H3,(H,26,29)/t22-/m1/s1. The van der Waals surface area contributed by atoms with E-state index in [0.717, 1.165) is 16.9 Å². The van der Waals surface area contributed by atoms with Crippen LogP contribution in [0.2, 0.25) is 0 Å². The van der Waals surface area contributed by atoms with Gasteiger partial charge in [0, 0.05) is 13.1 Å². The van der Waals surface area contributed by atoms with Crippen LogP contribution in [0, 0.1) is 0 Å². The van der Waals surface area contributed by atoms with Crippen LogP contribution in [-0.4, -0.2) is 43.0 Å². The fourth-order valence-corrected chi connectivity index (χ4v) is 3.45. The number of hydrogen-bond donors (Lipinski definition) is 1. The van der Waals surface area contributed by atoms with Crippen LogP contribution in [-0.2, 0) is 16.1 Å². The summed E-state index contributed by atoms with van der Waals surface area (Å²) in [6.07, 6.45) is 0.510. The molecule has 168 valence electrons. The molecule has 0 radical (unpaired) electrons. The summed E-state index contributed by atoms with van der Waals surface area (Å²) in [5.41, 5.74) is 1.97. The Kier molecular flexibility index (Phi) is 9.38. The zero-order valence-electron chi connectivity index (χ0n) is 19.2. The Balaban J connectivity index is 2.23. The molecule has 0 aliphatic rings. The van der Waals surface area contributed by atoms with Gasteiger partial charge in [0.15, 0.2) is 6.61 Å². The highest BCUT2D eigenvalue weighted by Gasteiger charge is 2.28. The Morgan fingerprint density at radius 3 is 2.29 bits per heavy atom. The van der Waals surface area contributed by atoms with Gasteiger partial charge in [0.25, 0.3) is 5.91 Å². The van der Waals surface area contributed by atoms with Gasteiger partial charge in [0.1, 0.15) is 17.5 Å². The van der Waals surface area contributed by atoms with Crippen LogP contribution in [0.1, 0.15) is 51.2 Å². The maximum absolute atomic E-state index is 13.2. The number of carbonyl (C=O) groups excluding carboxylic acids is 2. The topological polar surface area (TPSA) is 67.9 Å². The van der Waals surface area contributed by atoms with E-state index in [1.807, 2.05) is 62.4 Å². The molecule has 2 aromatic rings. The molecule has 2 rings (SSSR count). The first-order valence-electron chi connectivity index (χ1n) is 10.8. The van der Waals surface area contributed by atoms with Gasteiger partial charge in [-0.05, 0) is 48.6 Å². The van der Waals surface area contributed by atoms with Crippen LogP contribution in [0.25, 0.3) is 0 Å². The van der Waals surface area contributed by atoms with Crippen molar-refractivity contribution in [2.24, 2.45) is 0 Å². The molecular formula is C25H34N2O4. The van der Waals surface area contributed by atoms with Gasteiger partial charge in [-0.15, -0.1) is 0 Å². The molecule has 2 aromatic carbocycles. The van der Waals surface area contributed by atoms with Gasteiger partial charge in [-0.1, -0.05) is 51.1 Å². The Hall–Kier alpha value is -3.02. The summed E-state index contributed by atoms with van der Waals surface area (Å²) in [5, 5.41) is 2.84. The second-order valence-corrected chi connectivity index (χ2v) is 7.67. The minimum atomic E-state index is -0.571. The Labute approximate surface area is 185 Å². The maximum Gasteiger partial charge on any atom is 0.261 e. The molecule has 2 amide bonds. The molecular weight excluding hydrogens is 392 g/mol. The minimum absolute atomic E-state index is 0.129. The third-order valence-electron chi connectivity index (χ3n) is 5.14. The fourth-order valence-electron chi connectivity index (χ4n) is 3.45. The lowest BCUT2D eigenvalue weighted by Crippen LogP contribution is -2.50. The van der Waals surface area contributed by atoms with Gasteiger partial charge in [0.05, 0.1) is 7.11 Å². The Morgan fingerprint density at radius 2 is 1.71 bits per heavy atom. The first-order chi connectivity index (χ1) is 14.9. The normalized spacial score (nSPS) is 11.7. The summed E-state index contributed by atoms with van der Waals surface area (Å²) in [4.78, 5) is 27.5. The highest BCUT2D eigenvalue weighted by atomic mass is 16.5. The molecule has 0 spiro atoms. The monoisotopic (exact) mass is 426 g/mol. The average Bonchev–Trinajstić information content (AvgIpc) is 2.78. The number of methoxy groups -OCH3 is 1. The van der Waals surface area contributed by atoms with E-state index in [2.05, 4.69) is 19.2 Å². The van der Waals surface area contributed by atoms with Crippen LogP contribution in [0.15, 0.2) is 48.5 Å². The van der Waals surface area contributed by atoms with Gasteiger partial charge < -0.3 is 19.7 Å². The summed E-state index contributed by atoms with van der Waals surface area (Å²) < 4.78 is 11.1. The molecule has 0 saturated carbocycles. The van der Waals surface area contributed by atoms with Crippen LogP contribution in [0.4, 0.5) is 0 Å². The quantitative estimate of drug-likeness (QED) is 0.586. The average molecular weight is 427 g/mol. The number of benzene rings is 2. The van der Waals surface area contributed by atoms with Gasteiger partial charge in [0.2, 0.25) is 5.91 Å². The Bertz CT molecular complexity index is 849. The van der Waals surface area contributed by atoms with E-state index in [1.54, 1.807) is 12.0 Å². The van der Waals surface area contributed by atoms with E-state index in [-0.39, 0.29) is 24.3 Å². The van der Waals surface area contributed by atoms with Gasteiger partial charge in [-0.3, -0.25) is 9.59 Å². The smallest absolute Gasteiger partial charge is 0.261 e. The number of hydrogen-bond acceptors (Lipinski definition) is 4. The Morgan fingerprint density at radius 1 is 1.03 bits per heavy atom. The summed E-state index contributed by atoms with van der Waals surface area (Å²) >= 11 is 0. The van der Waals surface area contributed by atoms with E-state index in [9.17, 15) is 9.59 Å². The molecule has 6 heteroatoms. The van der Waals surface area contributed by atoms with Crippen molar-refractivity contribution in [1.82, 2.24) is 10.2 Å². The zero-order chi connectivity index (χ0) is 22.8. The number of carbonyl (C=O) groups is 2. The summed E-state index contributed by atoms with van der Waals surface area (Å²) in [6, 6.07) is 14.7. The predicted molar refractivity (Wildman–Crippen MR) is 122 cm³/mol. The molecule has 1 atom stereocenters. The lowest BCUT2D eigenvalue weighted by Gasteiger charge is -2.30. The fraction of sp³-hybridized carbons (Fsp3) is 0.440. The third-order valence-corrected chi connectivity index (χ3v) is 5.14. The summed E-state index contributed by atoms with van der Waals surface area (Å²) in [6.45, 7) is 8.64. The van der Waals surface area contributed by atoms with Crippen molar-refractivity contribution >= 4 is 11.8 Å². The van der Waals surface area contributed by atoms with Gasteiger partial charge in [-0.25, -0.2) is 0 Å². The number of rotatable bonds is 11. The number of amides is 2. The van der Waals surface area contributed by atoms with Crippen molar-refractivity contribution in [1.29, 1.82) is 0 Å². The molecule has 31 heavy (non-hydrogen) atoms. The summed E-state index contributed by atoms with van der Waals surface area (Å²) in [5.74, 6) is 1.33. The lowest BCUT2D eigenvalue weighted by molar-refractivity contribution is -0.142. The number of para-hydroxylation sites is 1. The van der Waals surface area contributed by atoms with Gasteiger partial charge >= 0.3 is 0 Å². The van der Waals surface area contributed by atoms with Crippen LogP contribution in [0.5, 0.6) is 11.5 Å². The predicted octanol–water partition coefficient (Wildman–Crippen LogP) is 4.14. The second kappa shape index (κ2) is 12.0. The SMILES string of the molecule is CCNC(=O)[C@@H](CC)N(Cc1ccc(OC)cc1)C(=O)COc1ccccc1C(C)C. The zero-order valence-corrected chi connectivity index (χ0v) is 19.2. The van der Waals surface area contributed by atoms with Crippen molar-refractivity contribution in [2.75, 3.05) is 20.3 Å². The van der Waals surface area contributed by atoms with Crippen molar-refractivity contribution < 1.29 is 19.1 Å². The second-order valence-electron chi connectivity index (χ2n) is 7.67. The van der Waals surface area contributed by atoms with Crippen molar-refractivity contribution in [3.05, 3.63) is 59.7 Å². The first-order valence-corrected chi connectivity index (χ1v) is 10.8. The molecule has 0 aromatic heterocycles. The van der Waals surface area contributed by atoms with Crippen LogP contribution in [0.3, 0.4) is 0 Å². The van der Waals surface area contributed by atoms with E-state index < -0.39 is 6.04 Å². The molecule has 0 bridgehead atoms. The van der Waals surface area contributed by atoms with Crippen molar-refractivity contribution in [2.45, 2.75) is 52.6 Å². The minimum Gasteiger partial charge on any atom is -0.497 e. The molecule has 0 fully saturated rings. The summed E-state index contributed by atoms with van der Waals surface area (Å²) in [7, 11) is 1.61. The highest BCUT2D eigenvalue weighted by Crippen LogP contribution is 2.26. The molecule has 0 aliphatic carbocycles. The van der Waals surface area contributed by atoms with E-state index in [4.69, 9.17) is 9.47 Å². The largest absolute Gasteiger partial charge is 0.497 e. The number of likely N-dealkylation sites (N-methyl/N-ethyl adjacent to an activating group) is 1. The highest BCUT2D eigenvalue weighted by molar-refractivity contribution is 5.88. The van der Waals surface area contributed by atoms with Crippen LogP contribution >= 0.6 is 0 Å². The molecule has 0 saturated heterocycles.